The highest BCUT2D eigenvalue weighted by Crippen LogP contribution is 2.51. The van der Waals surface area contributed by atoms with Crippen LogP contribution in [0.4, 0.5) is 0 Å². The number of nitrogens with zero attached hydrogens (tertiary/aromatic N) is 3. The van der Waals surface area contributed by atoms with Gasteiger partial charge in [0.25, 0.3) is 0 Å². The lowest BCUT2D eigenvalue weighted by molar-refractivity contribution is 0.661. The fourth-order valence-corrected chi connectivity index (χ4v) is 9.05. The van der Waals surface area contributed by atoms with Crippen molar-refractivity contribution in [3.05, 3.63) is 211 Å². The van der Waals surface area contributed by atoms with Crippen LogP contribution in [0.25, 0.3) is 100 Å². The van der Waals surface area contributed by atoms with Crippen LogP contribution >= 0.6 is 0 Å². The summed E-state index contributed by atoms with van der Waals surface area (Å²) in [5.74, 6) is 0.674. The van der Waals surface area contributed by atoms with E-state index in [-0.39, 0.29) is 5.41 Å². The second-order valence-electron chi connectivity index (χ2n) is 16.0. The number of hydrogen-bond acceptors (Lipinski definition) is 3. The summed E-state index contributed by atoms with van der Waals surface area (Å²) in [5.41, 5.74) is 17.3. The molecule has 2 aromatic heterocycles. The van der Waals surface area contributed by atoms with Crippen molar-refractivity contribution in [2.45, 2.75) is 19.3 Å². The molecule has 1 aliphatic carbocycles. The average molecular weight is 754 g/mol. The number of pyridine rings is 1. The summed E-state index contributed by atoms with van der Waals surface area (Å²) < 4.78 is 0. The minimum absolute atomic E-state index is 0.157. The average Bonchev–Trinajstić information content (AvgIpc) is 3.53. The maximum absolute atomic E-state index is 5.51. The van der Waals surface area contributed by atoms with E-state index in [4.69, 9.17) is 15.0 Å². The van der Waals surface area contributed by atoms with Gasteiger partial charge in [-0.2, -0.15) is 0 Å². The van der Waals surface area contributed by atoms with E-state index in [0.29, 0.717) is 5.82 Å². The second-order valence-corrected chi connectivity index (χ2v) is 16.0. The Hall–Kier alpha value is -7.49. The fraction of sp³-hybridized carbons (Fsp3) is 0.0536. The van der Waals surface area contributed by atoms with E-state index in [9.17, 15) is 0 Å². The van der Waals surface area contributed by atoms with Crippen molar-refractivity contribution in [3.8, 4) is 78.5 Å². The van der Waals surface area contributed by atoms with Crippen molar-refractivity contribution in [1.29, 1.82) is 0 Å². The highest BCUT2D eigenvalue weighted by atomic mass is 14.9. The summed E-state index contributed by atoms with van der Waals surface area (Å²) in [4.78, 5) is 16.1. The number of benzene rings is 8. The number of aromatic nitrogens is 3. The van der Waals surface area contributed by atoms with Gasteiger partial charge in [0.2, 0.25) is 0 Å². The summed E-state index contributed by atoms with van der Waals surface area (Å²) >= 11 is 0. The molecule has 59 heavy (non-hydrogen) atoms. The Morgan fingerprint density at radius 3 is 1.63 bits per heavy atom. The van der Waals surface area contributed by atoms with Crippen LogP contribution in [0.2, 0.25) is 0 Å². The third kappa shape index (κ3) is 6.02. The summed E-state index contributed by atoms with van der Waals surface area (Å²) in [6.45, 7) is 4.67. The first-order valence-corrected chi connectivity index (χ1v) is 20.3. The molecule has 278 valence electrons. The standard InChI is InChI=1S/C56H39N3/c1-56(2)49-28-15-14-26-44(49)47-32-48-46(33-53(57-54(48)34-50(47)56)45-27-16-24-37-19-12-13-25-43(37)45)41-29-40(36-17-6-3-7-18-36)30-42(31-41)55-58-51(38-20-8-4-9-21-38)35-52(59-55)39-22-10-5-11-23-39/h3-35H,1-2H3. The van der Waals surface area contributed by atoms with Crippen LogP contribution in [-0.4, -0.2) is 15.0 Å². The van der Waals surface area contributed by atoms with Crippen molar-refractivity contribution in [2.24, 2.45) is 0 Å². The zero-order chi connectivity index (χ0) is 39.5. The molecule has 0 unspecified atom stereocenters. The predicted molar refractivity (Wildman–Crippen MR) is 245 cm³/mol. The molecule has 0 amide bonds. The van der Waals surface area contributed by atoms with Crippen LogP contribution in [0.5, 0.6) is 0 Å². The van der Waals surface area contributed by atoms with Crippen LogP contribution in [-0.2, 0) is 5.41 Å². The van der Waals surface area contributed by atoms with Crippen molar-refractivity contribution in [1.82, 2.24) is 15.0 Å². The van der Waals surface area contributed by atoms with Gasteiger partial charge >= 0.3 is 0 Å². The quantitative estimate of drug-likeness (QED) is 0.170. The van der Waals surface area contributed by atoms with Gasteiger partial charge in [-0.25, -0.2) is 15.0 Å². The largest absolute Gasteiger partial charge is 0.248 e. The van der Waals surface area contributed by atoms with Gasteiger partial charge in [0.1, 0.15) is 0 Å². The Kier molecular flexibility index (Phi) is 8.16. The molecule has 2 heterocycles. The van der Waals surface area contributed by atoms with Gasteiger partial charge in [0.05, 0.1) is 22.6 Å². The molecule has 0 spiro atoms. The zero-order valence-corrected chi connectivity index (χ0v) is 32.9. The summed E-state index contributed by atoms with van der Waals surface area (Å²) in [5, 5.41) is 3.48. The smallest absolute Gasteiger partial charge is 0.160 e. The molecule has 0 aliphatic heterocycles. The van der Waals surface area contributed by atoms with Gasteiger partial charge in [-0.05, 0) is 97.7 Å². The molecule has 0 saturated carbocycles. The van der Waals surface area contributed by atoms with Gasteiger partial charge in [-0.15, -0.1) is 0 Å². The van der Waals surface area contributed by atoms with Crippen molar-refractivity contribution in [3.63, 3.8) is 0 Å². The minimum Gasteiger partial charge on any atom is -0.248 e. The van der Waals surface area contributed by atoms with E-state index < -0.39 is 0 Å². The highest BCUT2D eigenvalue weighted by molar-refractivity contribution is 6.04. The van der Waals surface area contributed by atoms with E-state index >= 15 is 0 Å². The molecular formula is C56H39N3. The SMILES string of the molecule is CC1(C)c2ccccc2-c2cc3c(-c4cc(-c5ccccc5)cc(-c5nc(-c6ccccc6)cc(-c6ccccc6)n5)c4)cc(-c4cccc5ccccc45)nc3cc21. The molecular weight excluding hydrogens is 715 g/mol. The van der Waals surface area contributed by atoms with Crippen LogP contribution in [0.3, 0.4) is 0 Å². The summed E-state index contributed by atoms with van der Waals surface area (Å²) in [6, 6.07) is 71.4. The highest BCUT2D eigenvalue weighted by Gasteiger charge is 2.36. The predicted octanol–water partition coefficient (Wildman–Crippen LogP) is 14.5. The van der Waals surface area contributed by atoms with Crippen LogP contribution < -0.4 is 0 Å². The van der Waals surface area contributed by atoms with E-state index in [0.717, 1.165) is 72.5 Å². The normalized spacial score (nSPS) is 12.7. The molecule has 0 bridgehead atoms. The van der Waals surface area contributed by atoms with E-state index in [2.05, 4.69) is 202 Å². The maximum Gasteiger partial charge on any atom is 0.160 e. The van der Waals surface area contributed by atoms with E-state index in [1.54, 1.807) is 0 Å². The van der Waals surface area contributed by atoms with Crippen LogP contribution in [0.15, 0.2) is 200 Å². The first-order chi connectivity index (χ1) is 29.0. The van der Waals surface area contributed by atoms with Gasteiger partial charge in [0.15, 0.2) is 5.82 Å². The first-order valence-electron chi connectivity index (χ1n) is 20.3. The Balaban J connectivity index is 1.21. The molecule has 8 aromatic carbocycles. The minimum atomic E-state index is -0.157. The molecule has 0 fully saturated rings. The number of fused-ring (bicyclic) bond motifs is 5. The third-order valence-corrected chi connectivity index (χ3v) is 12.1. The Morgan fingerprint density at radius 1 is 0.322 bits per heavy atom. The molecule has 3 nitrogen and oxygen atoms in total. The Labute approximate surface area is 344 Å². The Bertz CT molecular complexity index is 3160. The molecule has 3 heteroatoms. The topological polar surface area (TPSA) is 38.7 Å². The van der Waals surface area contributed by atoms with Crippen molar-refractivity contribution < 1.29 is 0 Å². The summed E-state index contributed by atoms with van der Waals surface area (Å²) in [7, 11) is 0. The van der Waals surface area contributed by atoms with Crippen LogP contribution in [0, 0.1) is 0 Å². The van der Waals surface area contributed by atoms with Crippen molar-refractivity contribution in [2.75, 3.05) is 0 Å². The third-order valence-electron chi connectivity index (χ3n) is 12.1. The number of hydrogen-bond donors (Lipinski definition) is 0. The van der Waals surface area contributed by atoms with E-state index in [1.807, 2.05) is 12.1 Å². The van der Waals surface area contributed by atoms with E-state index in [1.165, 1.54) is 33.0 Å². The van der Waals surface area contributed by atoms with Gasteiger partial charge < -0.3 is 0 Å². The molecule has 1 aliphatic rings. The molecule has 10 aromatic rings. The fourth-order valence-electron chi connectivity index (χ4n) is 9.05. The van der Waals surface area contributed by atoms with Crippen molar-refractivity contribution >= 4 is 21.7 Å². The second kappa shape index (κ2) is 13.9. The lowest BCUT2D eigenvalue weighted by Gasteiger charge is -2.22. The van der Waals surface area contributed by atoms with Gasteiger partial charge in [-0.1, -0.05) is 172 Å². The first kappa shape index (κ1) is 34.7. The molecule has 0 N–H and O–H groups in total. The summed E-state index contributed by atoms with van der Waals surface area (Å²) in [6.07, 6.45) is 0. The molecule has 11 rings (SSSR count). The Morgan fingerprint density at radius 2 is 0.898 bits per heavy atom. The molecule has 0 radical (unpaired) electrons. The lowest BCUT2D eigenvalue weighted by Crippen LogP contribution is -2.14. The van der Waals surface area contributed by atoms with Crippen LogP contribution in [0.1, 0.15) is 25.0 Å². The number of rotatable bonds is 6. The maximum atomic E-state index is 5.51. The molecule has 0 atom stereocenters. The molecule has 0 saturated heterocycles. The lowest BCUT2D eigenvalue weighted by atomic mass is 9.82. The van der Waals surface area contributed by atoms with Gasteiger partial charge in [-0.3, -0.25) is 0 Å². The zero-order valence-electron chi connectivity index (χ0n) is 32.9. The van der Waals surface area contributed by atoms with Gasteiger partial charge in [0, 0.05) is 33.1 Å². The monoisotopic (exact) mass is 753 g/mol.